The van der Waals surface area contributed by atoms with Gasteiger partial charge in [-0.25, -0.2) is 4.39 Å². The van der Waals surface area contributed by atoms with E-state index in [9.17, 15) is 13.2 Å². The SMILES string of the molecule is CCCCCCCC1CCC(C2CCC(c3ccc(OC(F)F)c(F)c3)CC2)CC1. The number of unbranched alkanes of at least 4 members (excludes halogenated alkanes) is 4. The molecule has 2 aliphatic carbocycles. The molecule has 0 saturated heterocycles. The third-order valence-electron chi connectivity index (χ3n) is 7.69. The Hall–Kier alpha value is -1.19. The predicted molar refractivity (Wildman–Crippen MR) is 117 cm³/mol. The molecule has 0 unspecified atom stereocenters. The molecule has 2 saturated carbocycles. The van der Waals surface area contributed by atoms with Crippen LogP contribution in [0.4, 0.5) is 13.2 Å². The topological polar surface area (TPSA) is 9.23 Å². The molecule has 3 rings (SSSR count). The van der Waals surface area contributed by atoms with Gasteiger partial charge in [-0.1, -0.05) is 64.4 Å². The fraction of sp³-hybridized carbons (Fsp3) is 0.769. The summed E-state index contributed by atoms with van der Waals surface area (Å²) in [6.07, 6.45) is 18.6. The second-order valence-electron chi connectivity index (χ2n) is 9.66. The number of halogens is 3. The van der Waals surface area contributed by atoms with Crippen LogP contribution in [0.15, 0.2) is 18.2 Å². The van der Waals surface area contributed by atoms with Gasteiger partial charge >= 0.3 is 6.61 Å². The zero-order valence-electron chi connectivity index (χ0n) is 18.6. The second kappa shape index (κ2) is 12.0. The van der Waals surface area contributed by atoms with Gasteiger partial charge in [-0.2, -0.15) is 8.78 Å². The molecule has 0 N–H and O–H groups in total. The number of benzene rings is 1. The summed E-state index contributed by atoms with van der Waals surface area (Å²) in [7, 11) is 0. The molecule has 0 spiro atoms. The number of hydrogen-bond donors (Lipinski definition) is 0. The molecule has 0 radical (unpaired) electrons. The normalized spacial score (nSPS) is 27.4. The molecule has 2 aliphatic rings. The third-order valence-corrected chi connectivity index (χ3v) is 7.69. The van der Waals surface area contributed by atoms with Crippen molar-refractivity contribution in [2.24, 2.45) is 17.8 Å². The molecule has 4 heteroatoms. The van der Waals surface area contributed by atoms with Gasteiger partial charge in [0.25, 0.3) is 0 Å². The molecule has 0 amide bonds. The van der Waals surface area contributed by atoms with Gasteiger partial charge in [-0.3, -0.25) is 0 Å². The molecule has 1 aromatic carbocycles. The fourth-order valence-corrected chi connectivity index (χ4v) is 5.87. The molecule has 0 aliphatic heterocycles. The monoisotopic (exact) mass is 424 g/mol. The van der Waals surface area contributed by atoms with Crippen LogP contribution in [-0.4, -0.2) is 6.61 Å². The maximum atomic E-state index is 14.1. The molecular formula is C26H39F3O. The third kappa shape index (κ3) is 6.92. The fourth-order valence-electron chi connectivity index (χ4n) is 5.87. The second-order valence-corrected chi connectivity index (χ2v) is 9.66. The van der Waals surface area contributed by atoms with E-state index in [4.69, 9.17) is 0 Å². The minimum absolute atomic E-state index is 0.343. The van der Waals surface area contributed by atoms with Gasteiger partial charge in [0.1, 0.15) is 0 Å². The van der Waals surface area contributed by atoms with Crippen molar-refractivity contribution in [1.29, 1.82) is 0 Å². The smallest absolute Gasteiger partial charge is 0.387 e. The summed E-state index contributed by atoms with van der Waals surface area (Å²) in [6.45, 7) is -0.717. The quantitative estimate of drug-likeness (QED) is 0.341. The maximum absolute atomic E-state index is 14.1. The Labute approximate surface area is 180 Å². The highest BCUT2D eigenvalue weighted by Crippen LogP contribution is 2.45. The first kappa shape index (κ1) is 23.5. The van der Waals surface area contributed by atoms with Crippen molar-refractivity contribution in [2.75, 3.05) is 0 Å². The highest BCUT2D eigenvalue weighted by atomic mass is 19.3. The molecule has 0 aromatic heterocycles. The molecule has 0 atom stereocenters. The summed E-state index contributed by atoms with van der Waals surface area (Å²) in [4.78, 5) is 0. The van der Waals surface area contributed by atoms with Gasteiger partial charge < -0.3 is 4.74 Å². The number of hydrogen-bond acceptors (Lipinski definition) is 1. The Morgan fingerprint density at radius 2 is 1.50 bits per heavy atom. The summed E-state index contributed by atoms with van der Waals surface area (Å²) < 4.78 is 42.9. The van der Waals surface area contributed by atoms with Crippen LogP contribution in [0.1, 0.15) is 108 Å². The van der Waals surface area contributed by atoms with Crippen LogP contribution in [-0.2, 0) is 0 Å². The predicted octanol–water partition coefficient (Wildman–Crippen LogP) is 8.87. The van der Waals surface area contributed by atoms with Gasteiger partial charge in [0.05, 0.1) is 0 Å². The van der Waals surface area contributed by atoms with Crippen molar-refractivity contribution in [3.8, 4) is 5.75 Å². The first-order chi connectivity index (χ1) is 14.6. The van der Waals surface area contributed by atoms with Gasteiger partial charge in [0.15, 0.2) is 11.6 Å². The van der Waals surface area contributed by atoms with E-state index in [0.717, 1.165) is 36.2 Å². The van der Waals surface area contributed by atoms with Crippen LogP contribution in [0, 0.1) is 23.6 Å². The van der Waals surface area contributed by atoms with Crippen molar-refractivity contribution >= 4 is 0 Å². The molecular weight excluding hydrogens is 385 g/mol. The highest BCUT2D eigenvalue weighted by Gasteiger charge is 2.31. The van der Waals surface area contributed by atoms with E-state index in [1.165, 1.54) is 89.2 Å². The standard InChI is InChI=1S/C26H39F3O/c1-2-3-4-5-6-7-19-8-10-20(11-9-19)21-12-14-22(15-13-21)23-16-17-25(24(27)18-23)30-26(28)29/h16-22,26H,2-15H2,1H3. The van der Waals surface area contributed by atoms with E-state index in [2.05, 4.69) is 11.7 Å². The molecule has 1 aromatic rings. The van der Waals surface area contributed by atoms with Gasteiger partial charge in [-0.05, 0) is 79.9 Å². The van der Waals surface area contributed by atoms with Crippen LogP contribution in [0.2, 0.25) is 0 Å². The van der Waals surface area contributed by atoms with E-state index in [1.807, 2.05) is 0 Å². The summed E-state index contributed by atoms with van der Waals surface area (Å²) in [6, 6.07) is 4.51. The number of alkyl halides is 2. The molecule has 2 fully saturated rings. The van der Waals surface area contributed by atoms with Gasteiger partial charge in [-0.15, -0.1) is 0 Å². The van der Waals surface area contributed by atoms with Gasteiger partial charge in [0, 0.05) is 0 Å². The largest absolute Gasteiger partial charge is 0.432 e. The lowest BCUT2D eigenvalue weighted by molar-refractivity contribution is -0.0522. The molecule has 0 bridgehead atoms. The molecule has 1 nitrogen and oxygen atoms in total. The Morgan fingerprint density at radius 1 is 0.867 bits per heavy atom. The Balaban J connectivity index is 1.38. The summed E-state index contributed by atoms with van der Waals surface area (Å²) in [5.74, 6) is 1.96. The summed E-state index contributed by atoms with van der Waals surface area (Å²) in [5.41, 5.74) is 0.930. The zero-order valence-corrected chi connectivity index (χ0v) is 18.6. The van der Waals surface area contributed by atoms with E-state index in [0.29, 0.717) is 5.92 Å². The van der Waals surface area contributed by atoms with Crippen molar-refractivity contribution in [2.45, 2.75) is 109 Å². The minimum Gasteiger partial charge on any atom is -0.432 e. The van der Waals surface area contributed by atoms with Crippen LogP contribution >= 0.6 is 0 Å². The van der Waals surface area contributed by atoms with Crippen LogP contribution < -0.4 is 4.74 Å². The van der Waals surface area contributed by atoms with Crippen LogP contribution in [0.25, 0.3) is 0 Å². The average molecular weight is 425 g/mol. The van der Waals surface area contributed by atoms with Crippen LogP contribution in [0.5, 0.6) is 5.75 Å². The highest BCUT2D eigenvalue weighted by molar-refractivity contribution is 5.31. The van der Waals surface area contributed by atoms with E-state index in [1.54, 1.807) is 6.07 Å². The minimum atomic E-state index is -2.99. The average Bonchev–Trinajstić information content (AvgIpc) is 2.75. The van der Waals surface area contributed by atoms with Gasteiger partial charge in [0.2, 0.25) is 0 Å². The molecule has 170 valence electrons. The lowest BCUT2D eigenvalue weighted by Gasteiger charge is -2.38. The lowest BCUT2D eigenvalue weighted by atomic mass is 9.68. The zero-order chi connectivity index (χ0) is 21.3. The summed E-state index contributed by atoms with van der Waals surface area (Å²) in [5, 5.41) is 0. The van der Waals surface area contributed by atoms with E-state index in [-0.39, 0.29) is 5.75 Å². The Morgan fingerprint density at radius 3 is 2.10 bits per heavy atom. The van der Waals surface area contributed by atoms with Crippen molar-refractivity contribution in [3.05, 3.63) is 29.6 Å². The van der Waals surface area contributed by atoms with E-state index >= 15 is 0 Å². The van der Waals surface area contributed by atoms with Crippen LogP contribution in [0.3, 0.4) is 0 Å². The van der Waals surface area contributed by atoms with Crippen molar-refractivity contribution < 1.29 is 17.9 Å². The Kier molecular flexibility index (Phi) is 9.39. The molecule has 30 heavy (non-hydrogen) atoms. The lowest BCUT2D eigenvalue weighted by Crippen LogP contribution is -2.25. The Bertz CT molecular complexity index is 617. The van der Waals surface area contributed by atoms with Crippen molar-refractivity contribution in [1.82, 2.24) is 0 Å². The first-order valence-electron chi connectivity index (χ1n) is 12.3. The molecule has 0 heterocycles. The first-order valence-corrected chi connectivity index (χ1v) is 12.3. The number of ether oxygens (including phenoxy) is 1. The van der Waals surface area contributed by atoms with E-state index < -0.39 is 12.4 Å². The summed E-state index contributed by atoms with van der Waals surface area (Å²) >= 11 is 0. The number of rotatable bonds is 10. The maximum Gasteiger partial charge on any atom is 0.387 e. The van der Waals surface area contributed by atoms with Crippen molar-refractivity contribution in [3.63, 3.8) is 0 Å².